The van der Waals surface area contributed by atoms with E-state index >= 15 is 0 Å². The molecule has 0 saturated heterocycles. The van der Waals surface area contributed by atoms with Gasteiger partial charge in [-0.2, -0.15) is 0 Å². The van der Waals surface area contributed by atoms with Crippen molar-refractivity contribution in [1.29, 1.82) is 0 Å². The van der Waals surface area contributed by atoms with Crippen LogP contribution in [0.2, 0.25) is 0 Å². The average Bonchev–Trinajstić information content (AvgIpc) is 2.98. The molecule has 1 aromatic carbocycles. The lowest BCUT2D eigenvalue weighted by molar-refractivity contribution is -0.140. The summed E-state index contributed by atoms with van der Waals surface area (Å²) in [6, 6.07) is 5.13. The van der Waals surface area contributed by atoms with Gasteiger partial charge < -0.3 is 20.5 Å². The lowest BCUT2D eigenvalue weighted by atomic mass is 9.84. The summed E-state index contributed by atoms with van der Waals surface area (Å²) in [4.78, 5) is 14.4. The SMILES string of the molecule is COc1cc(CN(C)C(=O)C2(CN)CCCC2)ccc1O. The first-order valence-corrected chi connectivity index (χ1v) is 7.34. The molecule has 0 unspecified atom stereocenters. The van der Waals surface area contributed by atoms with Gasteiger partial charge in [0.2, 0.25) is 5.91 Å². The summed E-state index contributed by atoms with van der Waals surface area (Å²) < 4.78 is 5.10. The summed E-state index contributed by atoms with van der Waals surface area (Å²) in [5.41, 5.74) is 6.41. The normalized spacial score (nSPS) is 16.7. The molecule has 0 heterocycles. The molecule has 2 rings (SSSR count). The molecule has 0 aromatic heterocycles. The fourth-order valence-corrected chi connectivity index (χ4v) is 3.13. The average molecular weight is 292 g/mol. The van der Waals surface area contributed by atoms with Gasteiger partial charge in [0.15, 0.2) is 11.5 Å². The fraction of sp³-hybridized carbons (Fsp3) is 0.562. The molecule has 5 nitrogen and oxygen atoms in total. The first kappa shape index (κ1) is 15.6. The van der Waals surface area contributed by atoms with Crippen LogP contribution < -0.4 is 10.5 Å². The monoisotopic (exact) mass is 292 g/mol. The van der Waals surface area contributed by atoms with E-state index in [4.69, 9.17) is 10.5 Å². The van der Waals surface area contributed by atoms with Gasteiger partial charge in [-0.3, -0.25) is 4.79 Å². The maximum atomic E-state index is 12.7. The maximum absolute atomic E-state index is 12.7. The Kier molecular flexibility index (Phi) is 4.73. The summed E-state index contributed by atoms with van der Waals surface area (Å²) in [5.74, 6) is 0.641. The molecule has 0 radical (unpaired) electrons. The van der Waals surface area contributed by atoms with Crippen LogP contribution in [-0.2, 0) is 11.3 Å². The van der Waals surface area contributed by atoms with Crippen LogP contribution in [-0.4, -0.2) is 36.6 Å². The summed E-state index contributed by atoms with van der Waals surface area (Å²) >= 11 is 0. The van der Waals surface area contributed by atoms with Crippen LogP contribution >= 0.6 is 0 Å². The molecule has 5 heteroatoms. The highest BCUT2D eigenvalue weighted by molar-refractivity contribution is 5.83. The summed E-state index contributed by atoms with van der Waals surface area (Å²) in [6.07, 6.45) is 3.91. The van der Waals surface area contributed by atoms with Crippen LogP contribution in [0, 0.1) is 5.41 Å². The molecule has 21 heavy (non-hydrogen) atoms. The molecule has 1 amide bonds. The maximum Gasteiger partial charge on any atom is 0.230 e. The number of rotatable bonds is 5. The zero-order valence-electron chi connectivity index (χ0n) is 12.8. The Balaban J connectivity index is 2.10. The predicted octanol–water partition coefficient (Wildman–Crippen LogP) is 1.88. The number of carbonyl (C=O) groups excluding carboxylic acids is 1. The molecule has 1 aliphatic carbocycles. The van der Waals surface area contributed by atoms with Crippen molar-refractivity contribution in [3.63, 3.8) is 0 Å². The Hall–Kier alpha value is -1.75. The molecule has 0 spiro atoms. The van der Waals surface area contributed by atoms with Crippen LogP contribution in [0.5, 0.6) is 11.5 Å². The number of hydrogen-bond donors (Lipinski definition) is 2. The van der Waals surface area contributed by atoms with Crippen molar-refractivity contribution in [2.45, 2.75) is 32.2 Å². The first-order valence-electron chi connectivity index (χ1n) is 7.34. The van der Waals surface area contributed by atoms with E-state index in [0.717, 1.165) is 31.2 Å². The minimum atomic E-state index is -0.379. The van der Waals surface area contributed by atoms with Gasteiger partial charge in [-0.15, -0.1) is 0 Å². The first-order chi connectivity index (χ1) is 10.0. The summed E-state index contributed by atoms with van der Waals surface area (Å²) in [7, 11) is 3.31. The van der Waals surface area contributed by atoms with Gasteiger partial charge in [0.25, 0.3) is 0 Å². The van der Waals surface area contributed by atoms with Crippen LogP contribution in [0.1, 0.15) is 31.2 Å². The summed E-state index contributed by atoms with van der Waals surface area (Å²) in [6.45, 7) is 0.895. The van der Waals surface area contributed by atoms with E-state index in [1.807, 2.05) is 0 Å². The van der Waals surface area contributed by atoms with Gasteiger partial charge in [0, 0.05) is 20.1 Å². The molecule has 0 bridgehead atoms. The minimum absolute atomic E-state index is 0.101. The van der Waals surface area contributed by atoms with Gasteiger partial charge in [-0.05, 0) is 30.5 Å². The number of phenols is 1. The smallest absolute Gasteiger partial charge is 0.230 e. The van der Waals surface area contributed by atoms with E-state index in [2.05, 4.69) is 0 Å². The standard InChI is InChI=1S/C16H24N2O3/c1-18(15(20)16(11-17)7-3-4-8-16)10-12-5-6-13(19)14(9-12)21-2/h5-6,9,19H,3-4,7-8,10-11,17H2,1-2H3. The van der Waals surface area contributed by atoms with Crippen LogP contribution in [0.3, 0.4) is 0 Å². The molecule has 1 aromatic rings. The highest BCUT2D eigenvalue weighted by Gasteiger charge is 2.41. The number of ether oxygens (including phenoxy) is 1. The lowest BCUT2D eigenvalue weighted by Crippen LogP contribution is -2.44. The third kappa shape index (κ3) is 3.13. The van der Waals surface area contributed by atoms with E-state index in [-0.39, 0.29) is 17.1 Å². The zero-order chi connectivity index (χ0) is 15.5. The largest absolute Gasteiger partial charge is 0.504 e. The number of amides is 1. The molecule has 1 saturated carbocycles. The Morgan fingerprint density at radius 1 is 1.43 bits per heavy atom. The van der Waals surface area contributed by atoms with Crippen molar-refractivity contribution in [2.75, 3.05) is 20.7 Å². The number of phenolic OH excluding ortho intramolecular Hbond substituents is 1. The third-order valence-electron chi connectivity index (χ3n) is 4.42. The molecular weight excluding hydrogens is 268 g/mol. The second-order valence-electron chi connectivity index (χ2n) is 5.86. The molecule has 0 atom stereocenters. The Bertz CT molecular complexity index is 510. The van der Waals surface area contributed by atoms with E-state index in [0.29, 0.717) is 18.8 Å². The quantitative estimate of drug-likeness (QED) is 0.869. The molecular formula is C16H24N2O3. The van der Waals surface area contributed by atoms with Crippen molar-refractivity contribution in [3.8, 4) is 11.5 Å². The van der Waals surface area contributed by atoms with E-state index in [1.54, 1.807) is 30.1 Å². The topological polar surface area (TPSA) is 75.8 Å². The van der Waals surface area contributed by atoms with Gasteiger partial charge in [-0.1, -0.05) is 18.9 Å². The minimum Gasteiger partial charge on any atom is -0.504 e. The molecule has 116 valence electrons. The van der Waals surface area contributed by atoms with Gasteiger partial charge in [0.1, 0.15) is 0 Å². The van der Waals surface area contributed by atoms with E-state index in [9.17, 15) is 9.90 Å². The second-order valence-corrected chi connectivity index (χ2v) is 5.86. The van der Waals surface area contributed by atoms with Crippen LogP contribution in [0.4, 0.5) is 0 Å². The van der Waals surface area contributed by atoms with Crippen molar-refractivity contribution in [1.82, 2.24) is 4.90 Å². The number of nitrogens with two attached hydrogens (primary N) is 1. The van der Waals surface area contributed by atoms with Gasteiger partial charge >= 0.3 is 0 Å². The highest BCUT2D eigenvalue weighted by Crippen LogP contribution is 2.39. The number of hydrogen-bond acceptors (Lipinski definition) is 4. The molecule has 1 aliphatic rings. The number of benzene rings is 1. The Labute approximate surface area is 125 Å². The Morgan fingerprint density at radius 3 is 2.67 bits per heavy atom. The zero-order valence-corrected chi connectivity index (χ0v) is 12.8. The van der Waals surface area contributed by atoms with Crippen molar-refractivity contribution in [3.05, 3.63) is 23.8 Å². The number of aromatic hydroxyl groups is 1. The van der Waals surface area contributed by atoms with E-state index < -0.39 is 0 Å². The fourth-order valence-electron chi connectivity index (χ4n) is 3.13. The van der Waals surface area contributed by atoms with Crippen LogP contribution in [0.15, 0.2) is 18.2 Å². The van der Waals surface area contributed by atoms with Crippen molar-refractivity contribution < 1.29 is 14.6 Å². The lowest BCUT2D eigenvalue weighted by Gasteiger charge is -2.31. The number of methoxy groups -OCH3 is 1. The van der Waals surface area contributed by atoms with E-state index in [1.165, 1.54) is 7.11 Å². The molecule has 3 N–H and O–H groups in total. The van der Waals surface area contributed by atoms with Gasteiger partial charge in [-0.25, -0.2) is 0 Å². The third-order valence-corrected chi connectivity index (χ3v) is 4.42. The van der Waals surface area contributed by atoms with Crippen molar-refractivity contribution >= 4 is 5.91 Å². The second kappa shape index (κ2) is 6.35. The predicted molar refractivity (Wildman–Crippen MR) is 81.1 cm³/mol. The number of nitrogens with zero attached hydrogens (tertiary/aromatic N) is 1. The molecule has 0 aliphatic heterocycles. The molecule has 1 fully saturated rings. The van der Waals surface area contributed by atoms with Crippen LogP contribution in [0.25, 0.3) is 0 Å². The Morgan fingerprint density at radius 2 is 2.10 bits per heavy atom. The highest BCUT2D eigenvalue weighted by atomic mass is 16.5. The van der Waals surface area contributed by atoms with Gasteiger partial charge in [0.05, 0.1) is 12.5 Å². The number of carbonyl (C=O) groups is 1. The van der Waals surface area contributed by atoms with Crippen molar-refractivity contribution in [2.24, 2.45) is 11.1 Å². The summed E-state index contributed by atoms with van der Waals surface area (Å²) in [5, 5.41) is 9.61.